The van der Waals surface area contributed by atoms with Gasteiger partial charge in [0, 0.05) is 12.6 Å². The van der Waals surface area contributed by atoms with Crippen molar-refractivity contribution in [1.82, 2.24) is 5.32 Å². The zero-order valence-corrected chi connectivity index (χ0v) is 13.1. The zero-order valence-electron chi connectivity index (χ0n) is 13.1. The fraction of sp³-hybridized carbons (Fsp3) is 0.211. The molecule has 0 bridgehead atoms. The summed E-state index contributed by atoms with van der Waals surface area (Å²) in [5, 5.41) is 11.7. The minimum absolute atomic E-state index is 0.227. The van der Waals surface area contributed by atoms with Crippen LogP contribution in [0.15, 0.2) is 60.7 Å². The van der Waals surface area contributed by atoms with Crippen LogP contribution in [0.4, 0.5) is 0 Å². The first-order chi connectivity index (χ1) is 11.1. The SMILES string of the molecule is CC(O)CNC(=O)/C=C/c1ccc(OCc2ccccc2)cc1. The molecule has 120 valence electrons. The van der Waals surface area contributed by atoms with E-state index in [2.05, 4.69) is 5.32 Å². The number of hydrogen-bond acceptors (Lipinski definition) is 3. The maximum Gasteiger partial charge on any atom is 0.244 e. The average Bonchev–Trinajstić information content (AvgIpc) is 2.58. The van der Waals surface area contributed by atoms with Gasteiger partial charge < -0.3 is 15.2 Å². The number of hydrogen-bond donors (Lipinski definition) is 2. The number of nitrogens with one attached hydrogen (secondary N) is 1. The van der Waals surface area contributed by atoms with Gasteiger partial charge in [0.1, 0.15) is 12.4 Å². The Morgan fingerprint density at radius 1 is 1.17 bits per heavy atom. The second-order valence-corrected chi connectivity index (χ2v) is 5.27. The Morgan fingerprint density at radius 2 is 1.87 bits per heavy atom. The molecular formula is C19H21NO3. The van der Waals surface area contributed by atoms with E-state index in [1.807, 2.05) is 54.6 Å². The van der Waals surface area contributed by atoms with E-state index in [-0.39, 0.29) is 12.5 Å². The zero-order chi connectivity index (χ0) is 16.5. The second kappa shape index (κ2) is 8.76. The number of benzene rings is 2. The van der Waals surface area contributed by atoms with E-state index in [0.29, 0.717) is 6.61 Å². The predicted molar refractivity (Wildman–Crippen MR) is 90.9 cm³/mol. The summed E-state index contributed by atoms with van der Waals surface area (Å²) >= 11 is 0. The minimum atomic E-state index is -0.548. The molecule has 2 rings (SSSR count). The van der Waals surface area contributed by atoms with Crippen LogP contribution in [-0.2, 0) is 11.4 Å². The molecule has 0 aromatic heterocycles. The lowest BCUT2D eigenvalue weighted by Gasteiger charge is -2.06. The van der Waals surface area contributed by atoms with E-state index < -0.39 is 6.10 Å². The maximum absolute atomic E-state index is 11.5. The second-order valence-electron chi connectivity index (χ2n) is 5.27. The third-order valence-corrected chi connectivity index (χ3v) is 3.13. The molecule has 2 aromatic rings. The summed E-state index contributed by atoms with van der Waals surface area (Å²) in [5.74, 6) is 0.555. The van der Waals surface area contributed by atoms with Crippen molar-refractivity contribution in [2.45, 2.75) is 19.6 Å². The van der Waals surface area contributed by atoms with Crippen molar-refractivity contribution in [2.24, 2.45) is 0 Å². The Hall–Kier alpha value is -2.59. The van der Waals surface area contributed by atoms with Gasteiger partial charge in [-0.2, -0.15) is 0 Å². The van der Waals surface area contributed by atoms with E-state index in [9.17, 15) is 4.79 Å². The Balaban J connectivity index is 1.83. The molecule has 0 saturated carbocycles. The van der Waals surface area contributed by atoms with Crippen molar-refractivity contribution >= 4 is 12.0 Å². The van der Waals surface area contributed by atoms with Crippen molar-refractivity contribution in [2.75, 3.05) is 6.54 Å². The highest BCUT2D eigenvalue weighted by atomic mass is 16.5. The van der Waals surface area contributed by atoms with Gasteiger partial charge in [0.15, 0.2) is 0 Å². The smallest absolute Gasteiger partial charge is 0.244 e. The number of carbonyl (C=O) groups excluding carboxylic acids is 1. The van der Waals surface area contributed by atoms with Gasteiger partial charge >= 0.3 is 0 Å². The fourth-order valence-corrected chi connectivity index (χ4v) is 1.90. The van der Waals surface area contributed by atoms with Crippen LogP contribution in [0.5, 0.6) is 5.75 Å². The number of carbonyl (C=O) groups is 1. The predicted octanol–water partition coefficient (Wildman–Crippen LogP) is 2.78. The summed E-state index contributed by atoms with van der Waals surface area (Å²) in [6.07, 6.45) is 2.62. The summed E-state index contributed by atoms with van der Waals surface area (Å²) < 4.78 is 5.71. The van der Waals surface area contributed by atoms with Gasteiger partial charge in [-0.05, 0) is 36.3 Å². The standard InChI is InChI=1S/C19H21NO3/c1-15(21)13-20-19(22)12-9-16-7-10-18(11-8-16)23-14-17-5-3-2-4-6-17/h2-12,15,21H,13-14H2,1H3,(H,20,22)/b12-9+. The van der Waals surface area contributed by atoms with Crippen molar-refractivity contribution in [3.63, 3.8) is 0 Å². The third-order valence-electron chi connectivity index (χ3n) is 3.13. The molecule has 0 aliphatic rings. The molecule has 2 aromatic carbocycles. The van der Waals surface area contributed by atoms with Crippen LogP contribution in [0.1, 0.15) is 18.1 Å². The summed E-state index contributed by atoms with van der Waals surface area (Å²) in [6, 6.07) is 17.5. The summed E-state index contributed by atoms with van der Waals surface area (Å²) in [7, 11) is 0. The Kier molecular flexibility index (Phi) is 6.39. The number of amides is 1. The minimum Gasteiger partial charge on any atom is -0.489 e. The van der Waals surface area contributed by atoms with Gasteiger partial charge in [0.05, 0.1) is 6.10 Å². The van der Waals surface area contributed by atoms with Crippen molar-refractivity contribution in [1.29, 1.82) is 0 Å². The topological polar surface area (TPSA) is 58.6 Å². The van der Waals surface area contributed by atoms with Crippen LogP contribution in [-0.4, -0.2) is 23.7 Å². The van der Waals surface area contributed by atoms with Crippen molar-refractivity contribution in [3.8, 4) is 5.75 Å². The van der Waals surface area contributed by atoms with Crippen LogP contribution in [0.25, 0.3) is 6.08 Å². The molecule has 1 amide bonds. The van der Waals surface area contributed by atoms with Gasteiger partial charge in [-0.15, -0.1) is 0 Å². The van der Waals surface area contributed by atoms with Gasteiger partial charge in [-0.25, -0.2) is 0 Å². The lowest BCUT2D eigenvalue weighted by Crippen LogP contribution is -2.28. The number of ether oxygens (including phenoxy) is 1. The first-order valence-electron chi connectivity index (χ1n) is 7.54. The molecule has 0 saturated heterocycles. The summed E-state index contributed by atoms with van der Waals surface area (Å²) in [6.45, 7) is 2.39. The fourth-order valence-electron chi connectivity index (χ4n) is 1.90. The lowest BCUT2D eigenvalue weighted by molar-refractivity contribution is -0.116. The van der Waals surface area contributed by atoms with Crippen LogP contribution in [0.3, 0.4) is 0 Å². The Bertz CT molecular complexity index is 633. The molecular weight excluding hydrogens is 290 g/mol. The molecule has 0 radical (unpaired) electrons. The highest BCUT2D eigenvalue weighted by molar-refractivity contribution is 5.91. The lowest BCUT2D eigenvalue weighted by atomic mass is 10.2. The van der Waals surface area contributed by atoms with Gasteiger partial charge in [0.25, 0.3) is 0 Å². The largest absolute Gasteiger partial charge is 0.489 e. The molecule has 1 atom stereocenters. The van der Waals surface area contributed by atoms with Crippen LogP contribution >= 0.6 is 0 Å². The van der Waals surface area contributed by atoms with E-state index >= 15 is 0 Å². The molecule has 0 spiro atoms. The van der Waals surface area contributed by atoms with Crippen molar-refractivity contribution < 1.29 is 14.6 Å². The summed E-state index contributed by atoms with van der Waals surface area (Å²) in [4.78, 5) is 11.5. The maximum atomic E-state index is 11.5. The van der Waals surface area contributed by atoms with Crippen LogP contribution < -0.4 is 10.1 Å². The average molecular weight is 311 g/mol. The molecule has 0 aliphatic carbocycles. The number of rotatable bonds is 7. The Morgan fingerprint density at radius 3 is 2.52 bits per heavy atom. The highest BCUT2D eigenvalue weighted by Gasteiger charge is 1.99. The third kappa shape index (κ3) is 6.36. The first kappa shape index (κ1) is 16.8. The summed E-state index contributed by atoms with van der Waals surface area (Å²) in [5.41, 5.74) is 2.02. The Labute approximate surface area is 136 Å². The molecule has 23 heavy (non-hydrogen) atoms. The van der Waals surface area contributed by atoms with E-state index in [4.69, 9.17) is 9.84 Å². The van der Waals surface area contributed by atoms with E-state index in [1.165, 1.54) is 6.08 Å². The number of aliphatic hydroxyl groups excluding tert-OH is 1. The number of aliphatic hydroxyl groups is 1. The molecule has 4 nitrogen and oxygen atoms in total. The molecule has 1 unspecified atom stereocenters. The van der Waals surface area contributed by atoms with Crippen molar-refractivity contribution in [3.05, 3.63) is 71.8 Å². The molecule has 4 heteroatoms. The van der Waals surface area contributed by atoms with E-state index in [1.54, 1.807) is 13.0 Å². The van der Waals surface area contributed by atoms with Crippen LogP contribution in [0, 0.1) is 0 Å². The quantitative estimate of drug-likeness (QED) is 0.773. The van der Waals surface area contributed by atoms with Crippen LogP contribution in [0.2, 0.25) is 0 Å². The normalized spacial score (nSPS) is 12.1. The molecule has 0 fully saturated rings. The highest BCUT2D eigenvalue weighted by Crippen LogP contribution is 2.15. The van der Waals surface area contributed by atoms with Gasteiger partial charge in [-0.1, -0.05) is 42.5 Å². The van der Waals surface area contributed by atoms with Gasteiger partial charge in [0.2, 0.25) is 5.91 Å². The molecule has 2 N–H and O–H groups in total. The van der Waals surface area contributed by atoms with Gasteiger partial charge in [-0.3, -0.25) is 4.79 Å². The molecule has 0 heterocycles. The monoisotopic (exact) mass is 311 g/mol. The molecule has 0 aliphatic heterocycles. The van der Waals surface area contributed by atoms with E-state index in [0.717, 1.165) is 16.9 Å². The first-order valence-corrected chi connectivity index (χ1v) is 7.54.